The Balaban J connectivity index is 2.16. The number of rotatable bonds is 5. The molecule has 0 unspecified atom stereocenters. The third kappa shape index (κ3) is 4.33. The second-order valence-corrected chi connectivity index (χ2v) is 6.02. The maximum Gasteiger partial charge on any atom is 0.223 e. The average Bonchev–Trinajstić information content (AvgIpc) is 2.42. The Morgan fingerprint density at radius 3 is 2.84 bits per heavy atom. The lowest BCUT2D eigenvalue weighted by atomic mass is 10.5. The third-order valence-corrected chi connectivity index (χ3v) is 3.96. The van der Waals surface area contributed by atoms with Gasteiger partial charge in [-0.1, -0.05) is 18.5 Å². The smallest absolute Gasteiger partial charge is 0.223 e. The number of aromatic nitrogens is 3. The van der Waals surface area contributed by atoms with E-state index >= 15 is 0 Å². The van der Waals surface area contributed by atoms with Crippen molar-refractivity contribution in [2.24, 2.45) is 0 Å². The van der Waals surface area contributed by atoms with Gasteiger partial charge in [0.1, 0.15) is 10.1 Å². The van der Waals surface area contributed by atoms with Crippen molar-refractivity contribution in [2.75, 3.05) is 11.9 Å². The van der Waals surface area contributed by atoms with Crippen LogP contribution in [-0.4, -0.2) is 21.5 Å². The van der Waals surface area contributed by atoms with Gasteiger partial charge in [0.25, 0.3) is 0 Å². The third-order valence-electron chi connectivity index (χ3n) is 2.15. The molecule has 0 aliphatic carbocycles. The molecule has 0 aliphatic heterocycles. The number of anilines is 1. The largest absolute Gasteiger partial charge is 0.354 e. The maximum atomic E-state index is 6.10. The number of hydrogen-bond donors (Lipinski definition) is 1. The number of pyridine rings is 1. The van der Waals surface area contributed by atoms with Crippen LogP contribution in [0.15, 0.2) is 39.1 Å². The molecule has 19 heavy (non-hydrogen) atoms. The van der Waals surface area contributed by atoms with Gasteiger partial charge in [0.15, 0.2) is 0 Å². The molecule has 0 radical (unpaired) electrons. The van der Waals surface area contributed by atoms with Crippen molar-refractivity contribution in [1.29, 1.82) is 0 Å². The van der Waals surface area contributed by atoms with Gasteiger partial charge in [0.05, 0.1) is 11.2 Å². The minimum absolute atomic E-state index is 0.525. The Hall–Kier alpha value is -0.850. The van der Waals surface area contributed by atoms with Gasteiger partial charge in [-0.2, -0.15) is 0 Å². The zero-order chi connectivity index (χ0) is 13.7. The van der Waals surface area contributed by atoms with Gasteiger partial charge in [-0.25, -0.2) is 15.0 Å². The average molecular weight is 360 g/mol. The monoisotopic (exact) mass is 358 g/mol. The summed E-state index contributed by atoms with van der Waals surface area (Å²) >= 11 is 10.9. The first-order valence-electron chi connectivity index (χ1n) is 5.75. The van der Waals surface area contributed by atoms with Crippen LogP contribution in [0.5, 0.6) is 0 Å². The predicted octanol–water partition coefficient (Wildman–Crippen LogP) is 4.26. The zero-order valence-corrected chi connectivity index (χ0v) is 13.4. The number of hydrogen-bond acceptors (Lipinski definition) is 5. The fourth-order valence-corrected chi connectivity index (χ4v) is 2.43. The molecule has 0 fully saturated rings. The molecule has 0 aromatic carbocycles. The van der Waals surface area contributed by atoms with Crippen LogP contribution in [0.25, 0.3) is 0 Å². The summed E-state index contributed by atoms with van der Waals surface area (Å²) in [5, 5.41) is 5.20. The molecule has 7 heteroatoms. The molecule has 2 aromatic rings. The van der Waals surface area contributed by atoms with Crippen LogP contribution in [0.2, 0.25) is 5.02 Å². The van der Waals surface area contributed by atoms with Crippen molar-refractivity contribution in [3.8, 4) is 0 Å². The molecule has 0 saturated heterocycles. The highest BCUT2D eigenvalue weighted by Gasteiger charge is 2.08. The topological polar surface area (TPSA) is 50.7 Å². The summed E-state index contributed by atoms with van der Waals surface area (Å²) in [6.45, 7) is 2.92. The molecule has 0 atom stereocenters. The molecule has 2 aromatic heterocycles. The summed E-state index contributed by atoms with van der Waals surface area (Å²) in [6, 6.07) is 3.84. The second kappa shape index (κ2) is 7.07. The lowest BCUT2D eigenvalue weighted by Crippen LogP contribution is -2.04. The van der Waals surface area contributed by atoms with Crippen LogP contribution in [-0.2, 0) is 0 Å². The van der Waals surface area contributed by atoms with E-state index in [9.17, 15) is 0 Å². The lowest BCUT2D eigenvalue weighted by molar-refractivity contribution is 0.934. The number of nitrogens with one attached hydrogen (secondary N) is 1. The molecular weight excluding hydrogens is 348 g/mol. The second-order valence-electron chi connectivity index (χ2n) is 3.69. The van der Waals surface area contributed by atoms with Gasteiger partial charge in [0, 0.05) is 17.2 Å². The fourth-order valence-electron chi connectivity index (χ4n) is 1.27. The zero-order valence-electron chi connectivity index (χ0n) is 10.2. The molecule has 2 heterocycles. The first-order chi connectivity index (χ1) is 9.19. The van der Waals surface area contributed by atoms with E-state index in [1.165, 1.54) is 11.8 Å². The van der Waals surface area contributed by atoms with Crippen molar-refractivity contribution >= 4 is 45.2 Å². The normalized spacial score (nSPS) is 10.5. The van der Waals surface area contributed by atoms with Gasteiger partial charge in [-0.15, -0.1) is 0 Å². The Morgan fingerprint density at radius 2 is 2.16 bits per heavy atom. The van der Waals surface area contributed by atoms with Crippen molar-refractivity contribution in [3.63, 3.8) is 0 Å². The van der Waals surface area contributed by atoms with Crippen LogP contribution in [0.3, 0.4) is 0 Å². The standard InChI is InChI=1S/C12H12BrClN4S/c1-2-5-15-12-17-7-9(14)11(18-12)19-10-4-3-8(13)6-16-10/h3-4,6-7H,2,5H2,1H3,(H,15,17,18). The quantitative estimate of drug-likeness (QED) is 0.808. The summed E-state index contributed by atoms with van der Waals surface area (Å²) in [4.78, 5) is 12.8. The van der Waals surface area contributed by atoms with Crippen molar-refractivity contribution in [1.82, 2.24) is 15.0 Å². The van der Waals surface area contributed by atoms with E-state index in [1.807, 2.05) is 12.1 Å². The SMILES string of the molecule is CCCNc1ncc(Cl)c(Sc2ccc(Br)cn2)n1. The first kappa shape index (κ1) is 14.6. The molecular formula is C12H12BrClN4S. The first-order valence-corrected chi connectivity index (χ1v) is 7.73. The highest BCUT2D eigenvalue weighted by atomic mass is 79.9. The van der Waals surface area contributed by atoms with Crippen LogP contribution in [0.4, 0.5) is 5.95 Å². The maximum absolute atomic E-state index is 6.10. The van der Waals surface area contributed by atoms with E-state index in [-0.39, 0.29) is 0 Å². The molecule has 2 rings (SSSR count). The van der Waals surface area contributed by atoms with E-state index in [0.717, 1.165) is 22.5 Å². The molecule has 0 amide bonds. The lowest BCUT2D eigenvalue weighted by Gasteiger charge is -2.06. The predicted molar refractivity (Wildman–Crippen MR) is 81.9 cm³/mol. The summed E-state index contributed by atoms with van der Waals surface area (Å²) in [7, 11) is 0. The van der Waals surface area contributed by atoms with Gasteiger partial charge in [-0.05, 0) is 46.2 Å². The number of nitrogens with zero attached hydrogens (tertiary/aromatic N) is 3. The van der Waals surface area contributed by atoms with Crippen molar-refractivity contribution in [3.05, 3.63) is 34.0 Å². The van der Waals surface area contributed by atoms with E-state index in [1.54, 1.807) is 12.4 Å². The van der Waals surface area contributed by atoms with Crippen LogP contribution < -0.4 is 5.32 Å². The van der Waals surface area contributed by atoms with Gasteiger partial charge in [-0.3, -0.25) is 0 Å². The Kier molecular flexibility index (Phi) is 5.42. The molecule has 0 spiro atoms. The van der Waals surface area contributed by atoms with Crippen molar-refractivity contribution < 1.29 is 0 Å². The van der Waals surface area contributed by atoms with E-state index < -0.39 is 0 Å². The number of halogens is 2. The molecule has 100 valence electrons. The van der Waals surface area contributed by atoms with Crippen LogP contribution in [0.1, 0.15) is 13.3 Å². The minimum atomic E-state index is 0.525. The van der Waals surface area contributed by atoms with E-state index in [2.05, 4.69) is 43.1 Å². The summed E-state index contributed by atoms with van der Waals surface area (Å²) in [5.74, 6) is 0.589. The van der Waals surface area contributed by atoms with Crippen molar-refractivity contribution in [2.45, 2.75) is 23.4 Å². The van der Waals surface area contributed by atoms with Crippen LogP contribution >= 0.6 is 39.3 Å². The van der Waals surface area contributed by atoms with E-state index in [4.69, 9.17) is 11.6 Å². The molecule has 0 bridgehead atoms. The summed E-state index contributed by atoms with van der Waals surface area (Å²) < 4.78 is 0.941. The summed E-state index contributed by atoms with van der Waals surface area (Å²) in [6.07, 6.45) is 4.37. The van der Waals surface area contributed by atoms with E-state index in [0.29, 0.717) is 16.0 Å². The molecule has 1 N–H and O–H groups in total. The molecule has 0 aliphatic rings. The highest BCUT2D eigenvalue weighted by molar-refractivity contribution is 9.10. The van der Waals surface area contributed by atoms with Gasteiger partial charge in [0.2, 0.25) is 5.95 Å². The minimum Gasteiger partial charge on any atom is -0.354 e. The fraction of sp³-hybridized carbons (Fsp3) is 0.250. The summed E-state index contributed by atoms with van der Waals surface area (Å²) in [5.41, 5.74) is 0. The molecule has 0 saturated carbocycles. The van der Waals surface area contributed by atoms with Crippen LogP contribution in [0, 0.1) is 0 Å². The van der Waals surface area contributed by atoms with Gasteiger partial charge < -0.3 is 5.32 Å². The Labute approximate surface area is 129 Å². The Bertz CT molecular complexity index is 550. The highest BCUT2D eigenvalue weighted by Crippen LogP contribution is 2.30. The molecule has 4 nitrogen and oxygen atoms in total. The van der Waals surface area contributed by atoms with Gasteiger partial charge >= 0.3 is 0 Å². The Morgan fingerprint density at radius 1 is 1.32 bits per heavy atom.